The molecule has 228 valence electrons. The number of carbonyl (C=O) groups is 1. The molecule has 1 aromatic rings. The maximum atomic E-state index is 14.6. The summed E-state index contributed by atoms with van der Waals surface area (Å²) in [7, 11) is -4.43. The Kier molecular flexibility index (Phi) is 9.76. The van der Waals surface area contributed by atoms with E-state index in [4.69, 9.17) is 19.3 Å². The zero-order valence-electron chi connectivity index (χ0n) is 22.3. The number of aliphatic hydroxyl groups is 2. The number of alkyl halides is 4. The predicted octanol–water partition coefficient (Wildman–Crippen LogP) is 1.34. The van der Waals surface area contributed by atoms with Crippen LogP contribution in [-0.2, 0) is 28.5 Å². The Balaban J connectivity index is 0.000000330. The minimum Gasteiger partial charge on any atom is -0.444 e. The number of fused-ring (bicyclic) bond motifs is 1. The molecule has 4 rings (SSSR count). The van der Waals surface area contributed by atoms with Gasteiger partial charge in [0.25, 0.3) is 22.0 Å². The van der Waals surface area contributed by atoms with Crippen molar-refractivity contribution in [3.05, 3.63) is 29.8 Å². The molecule has 0 unspecified atom stereocenters. The van der Waals surface area contributed by atoms with Gasteiger partial charge in [-0.25, -0.2) is 22.4 Å². The topological polar surface area (TPSA) is 153 Å². The second kappa shape index (κ2) is 12.0. The lowest BCUT2D eigenvalue weighted by atomic mass is 10.0. The van der Waals surface area contributed by atoms with Crippen molar-refractivity contribution in [3.63, 3.8) is 0 Å². The molecule has 1 amide bonds. The number of benzene rings is 1. The van der Waals surface area contributed by atoms with Crippen LogP contribution in [0, 0.1) is 6.92 Å². The molecule has 1 aromatic carbocycles. The number of amides is 1. The summed E-state index contributed by atoms with van der Waals surface area (Å²) in [6.07, 6.45) is -6.35. The molecule has 3 heterocycles. The van der Waals surface area contributed by atoms with E-state index in [2.05, 4.69) is 14.8 Å². The fourth-order valence-electron chi connectivity index (χ4n) is 4.22. The van der Waals surface area contributed by atoms with Crippen LogP contribution in [0.2, 0.25) is 0 Å². The molecule has 16 heteroatoms. The molecular formula is C24H34F4N2O9S. The normalized spacial score (nSPS) is 29.9. The van der Waals surface area contributed by atoms with Crippen molar-refractivity contribution in [2.45, 2.75) is 86.5 Å². The van der Waals surface area contributed by atoms with E-state index in [1.807, 2.05) is 0 Å². The fraction of sp³-hybridized carbons (Fsp3) is 0.708. The summed E-state index contributed by atoms with van der Waals surface area (Å²) in [4.78, 5) is 11.6. The molecular weight excluding hydrogens is 568 g/mol. The molecule has 0 spiro atoms. The largest absolute Gasteiger partial charge is 0.444 e. The molecule has 4 N–H and O–H groups in total. The zero-order chi connectivity index (χ0) is 30.1. The second-order valence-electron chi connectivity index (χ2n) is 10.8. The van der Waals surface area contributed by atoms with Gasteiger partial charge in [-0.15, -0.1) is 0 Å². The molecule has 40 heavy (non-hydrogen) atoms. The number of rotatable bonds is 6. The summed E-state index contributed by atoms with van der Waals surface area (Å²) in [5.41, 5.74) is -0.0868. The average molecular weight is 603 g/mol. The third kappa shape index (κ3) is 8.02. The van der Waals surface area contributed by atoms with Crippen LogP contribution in [0.15, 0.2) is 29.2 Å². The second-order valence-corrected chi connectivity index (χ2v) is 12.4. The Labute approximate surface area is 229 Å². The molecule has 3 fully saturated rings. The minimum atomic E-state index is -4.43. The molecule has 0 saturated carbocycles. The van der Waals surface area contributed by atoms with Crippen LogP contribution in [-0.4, -0.2) is 105 Å². The van der Waals surface area contributed by atoms with Crippen molar-refractivity contribution in [2.75, 3.05) is 26.4 Å². The number of alkyl carbamates (subject to hydrolysis) is 1. The molecule has 3 saturated heterocycles. The van der Waals surface area contributed by atoms with Crippen LogP contribution in [0.4, 0.5) is 22.4 Å². The number of aliphatic hydroxyl groups excluding tert-OH is 2. The van der Waals surface area contributed by atoms with Gasteiger partial charge in [-0.05, 0) is 39.8 Å². The highest BCUT2D eigenvalue weighted by atomic mass is 32.2. The number of hydrogen-bond donors (Lipinski definition) is 4. The lowest BCUT2D eigenvalue weighted by Gasteiger charge is -2.29. The molecule has 0 aromatic heterocycles. The van der Waals surface area contributed by atoms with Gasteiger partial charge in [0.2, 0.25) is 0 Å². The molecule has 0 bridgehead atoms. The summed E-state index contributed by atoms with van der Waals surface area (Å²) < 4.78 is 98.3. The number of aryl methyl sites for hydroxylation is 1. The van der Waals surface area contributed by atoms with Crippen LogP contribution in [0.5, 0.6) is 0 Å². The zero-order valence-corrected chi connectivity index (χ0v) is 23.1. The average Bonchev–Trinajstić information content (AvgIpc) is 3.48. The van der Waals surface area contributed by atoms with E-state index in [0.717, 1.165) is 5.56 Å². The van der Waals surface area contributed by atoms with Crippen LogP contribution < -0.4 is 10.6 Å². The van der Waals surface area contributed by atoms with Crippen molar-refractivity contribution in [2.24, 2.45) is 0 Å². The summed E-state index contributed by atoms with van der Waals surface area (Å²) >= 11 is 0. The van der Waals surface area contributed by atoms with E-state index in [9.17, 15) is 35.9 Å². The lowest BCUT2D eigenvalue weighted by Crippen LogP contribution is -2.55. The van der Waals surface area contributed by atoms with Crippen molar-refractivity contribution in [1.29, 1.82) is 0 Å². The van der Waals surface area contributed by atoms with Gasteiger partial charge >= 0.3 is 6.09 Å². The van der Waals surface area contributed by atoms with Crippen molar-refractivity contribution < 1.29 is 59.4 Å². The monoisotopic (exact) mass is 602 g/mol. The Morgan fingerprint density at radius 3 is 2.30 bits per heavy atom. The molecule has 6 atom stereocenters. The van der Waals surface area contributed by atoms with Crippen LogP contribution in [0.1, 0.15) is 26.3 Å². The first kappa shape index (κ1) is 32.4. The number of hydrogen-bond acceptors (Lipinski definition) is 10. The van der Waals surface area contributed by atoms with Gasteiger partial charge in [0.1, 0.15) is 30.5 Å². The van der Waals surface area contributed by atoms with Crippen molar-refractivity contribution in [3.8, 4) is 0 Å². The fourth-order valence-corrected chi connectivity index (χ4v) is 5.13. The van der Waals surface area contributed by atoms with Crippen LogP contribution in [0.3, 0.4) is 0 Å². The van der Waals surface area contributed by atoms with E-state index in [1.165, 1.54) is 24.3 Å². The number of ether oxygens (including phenoxy) is 3. The molecule has 0 aliphatic carbocycles. The third-order valence-electron chi connectivity index (χ3n) is 6.18. The van der Waals surface area contributed by atoms with Gasteiger partial charge in [-0.3, -0.25) is 4.18 Å². The standard InChI is InChI=1S/C18H25F2NO7S.C6H9F2NO2/c1-11-5-7-12(8-6-11)29(24,25)27-10-18(19,20)15-14(13(22)9-26-15)21-16(23)28-17(2,3)4;7-6(8)2-9-4-3(10)1-11-5(4)6/h5-8,13-15,22H,9-10H2,1-4H3,(H,21,23);3-5,9-10H,1-2H2/t13-,14+,15-;3-,4+,5-/m00/s1. The number of carbonyl (C=O) groups excluding carboxylic acids is 1. The van der Waals surface area contributed by atoms with Crippen molar-refractivity contribution >= 4 is 16.2 Å². The van der Waals surface area contributed by atoms with E-state index in [1.54, 1.807) is 27.7 Å². The first-order chi connectivity index (χ1) is 18.3. The SMILES string of the molecule is Cc1ccc(S(=O)(=O)OCC(F)(F)[C@H]2OC[C@H](O)[C@H]2NC(=O)OC(C)(C)C)cc1.O[C@H]1CO[C@H]2[C@@H]1NCC2(F)F. The van der Waals surface area contributed by atoms with Gasteiger partial charge in [-0.1, -0.05) is 17.7 Å². The van der Waals surface area contributed by atoms with Gasteiger partial charge in [0.15, 0.2) is 0 Å². The van der Waals surface area contributed by atoms with E-state index < -0.39 is 83.4 Å². The quantitative estimate of drug-likeness (QED) is 0.277. The molecule has 3 aliphatic rings. The van der Waals surface area contributed by atoms with Gasteiger partial charge < -0.3 is 35.1 Å². The van der Waals surface area contributed by atoms with Crippen LogP contribution in [0.25, 0.3) is 0 Å². The minimum absolute atomic E-state index is 0.0118. The summed E-state index contributed by atoms with van der Waals surface area (Å²) in [5.74, 6) is -6.64. The van der Waals surface area contributed by atoms with Gasteiger partial charge in [0, 0.05) is 0 Å². The van der Waals surface area contributed by atoms with Gasteiger partial charge in [-0.2, -0.15) is 8.42 Å². The lowest BCUT2D eigenvalue weighted by molar-refractivity contribution is -0.141. The van der Waals surface area contributed by atoms with Gasteiger partial charge in [0.05, 0.1) is 42.8 Å². The highest BCUT2D eigenvalue weighted by Crippen LogP contribution is 2.34. The maximum Gasteiger partial charge on any atom is 0.408 e. The number of halogens is 4. The highest BCUT2D eigenvalue weighted by Gasteiger charge is 2.57. The van der Waals surface area contributed by atoms with E-state index >= 15 is 0 Å². The molecule has 0 radical (unpaired) electrons. The predicted molar refractivity (Wildman–Crippen MR) is 131 cm³/mol. The molecule has 3 aliphatic heterocycles. The summed E-state index contributed by atoms with van der Waals surface area (Å²) in [5, 5.41) is 23.7. The third-order valence-corrected chi connectivity index (χ3v) is 7.46. The molecule has 11 nitrogen and oxygen atoms in total. The van der Waals surface area contributed by atoms with E-state index in [-0.39, 0.29) is 18.0 Å². The van der Waals surface area contributed by atoms with Crippen LogP contribution >= 0.6 is 0 Å². The Morgan fingerprint density at radius 2 is 1.73 bits per heavy atom. The number of nitrogens with one attached hydrogen (secondary N) is 2. The summed E-state index contributed by atoms with van der Waals surface area (Å²) in [6, 6.07) is 3.41. The smallest absolute Gasteiger partial charge is 0.408 e. The van der Waals surface area contributed by atoms with E-state index in [0.29, 0.717) is 0 Å². The first-order valence-electron chi connectivity index (χ1n) is 12.4. The Hall–Kier alpha value is -2.08. The highest BCUT2D eigenvalue weighted by molar-refractivity contribution is 7.86. The Morgan fingerprint density at radius 1 is 1.12 bits per heavy atom. The first-order valence-corrected chi connectivity index (χ1v) is 13.8. The maximum absolute atomic E-state index is 14.6. The summed E-state index contributed by atoms with van der Waals surface area (Å²) in [6.45, 7) is 4.14. The van der Waals surface area contributed by atoms with Crippen molar-refractivity contribution in [1.82, 2.24) is 10.6 Å². The Bertz CT molecular complexity index is 1130.